The third kappa shape index (κ3) is 4.19. The summed E-state index contributed by atoms with van der Waals surface area (Å²) in [6.45, 7) is 2.66. The summed E-state index contributed by atoms with van der Waals surface area (Å²) >= 11 is 12.0. The zero-order valence-corrected chi connectivity index (χ0v) is 12.6. The van der Waals surface area contributed by atoms with Gasteiger partial charge in [-0.1, -0.05) is 30.1 Å². The van der Waals surface area contributed by atoms with Crippen LogP contribution >= 0.6 is 23.2 Å². The number of aromatic nitrogens is 1. The topological polar surface area (TPSA) is 34.2 Å². The highest BCUT2D eigenvalue weighted by atomic mass is 35.5. The van der Waals surface area contributed by atoms with Crippen molar-refractivity contribution >= 4 is 29.0 Å². The fraction of sp³-hybridized carbons (Fsp3) is 0.214. The number of anilines is 1. The van der Waals surface area contributed by atoms with Gasteiger partial charge in [0.25, 0.3) is 0 Å². The van der Waals surface area contributed by atoms with Gasteiger partial charge in [-0.3, -0.25) is 0 Å². The lowest BCUT2D eigenvalue weighted by Crippen LogP contribution is -2.03. The Morgan fingerprint density at radius 3 is 2.38 bits per heavy atom. The molecule has 0 saturated carbocycles. The van der Waals surface area contributed by atoms with Crippen LogP contribution in [0.1, 0.15) is 13.3 Å². The van der Waals surface area contributed by atoms with Crippen LogP contribution in [0.15, 0.2) is 24.3 Å². The largest absolute Gasteiger partial charge is 0.437 e. The number of hydrogen-bond donors (Lipinski definition) is 1. The molecule has 0 aliphatic heterocycles. The molecule has 2 aromatic rings. The van der Waals surface area contributed by atoms with Crippen molar-refractivity contribution in [3.05, 3.63) is 45.9 Å². The molecule has 0 fully saturated rings. The van der Waals surface area contributed by atoms with Crippen molar-refractivity contribution in [2.45, 2.75) is 13.3 Å². The quantitative estimate of drug-likeness (QED) is 0.808. The van der Waals surface area contributed by atoms with Crippen LogP contribution in [0.4, 0.5) is 14.6 Å². The second kappa shape index (κ2) is 6.91. The van der Waals surface area contributed by atoms with Crippen LogP contribution in [-0.4, -0.2) is 11.5 Å². The van der Waals surface area contributed by atoms with E-state index in [4.69, 9.17) is 27.9 Å². The van der Waals surface area contributed by atoms with Gasteiger partial charge < -0.3 is 10.1 Å². The normalized spacial score (nSPS) is 10.5. The number of pyridine rings is 1. The van der Waals surface area contributed by atoms with Gasteiger partial charge in [-0.2, -0.15) is 4.98 Å². The van der Waals surface area contributed by atoms with Crippen LogP contribution < -0.4 is 10.1 Å². The molecule has 0 amide bonds. The van der Waals surface area contributed by atoms with Crippen LogP contribution in [0.5, 0.6) is 11.6 Å². The molecule has 1 N–H and O–H groups in total. The number of halogens is 4. The first-order valence-electron chi connectivity index (χ1n) is 6.23. The van der Waals surface area contributed by atoms with E-state index in [-0.39, 0.29) is 16.7 Å². The SMILES string of the molecule is CCCNc1nc(Oc2cc(F)cc(F)c2)c(Cl)cc1Cl. The molecule has 0 aliphatic carbocycles. The fourth-order valence-corrected chi connectivity index (χ4v) is 2.05. The monoisotopic (exact) mass is 332 g/mol. The van der Waals surface area contributed by atoms with E-state index in [2.05, 4.69) is 10.3 Å². The number of ether oxygens (including phenoxy) is 1. The minimum atomic E-state index is -0.751. The second-order valence-electron chi connectivity index (χ2n) is 4.24. The molecule has 112 valence electrons. The first kappa shape index (κ1) is 15.8. The van der Waals surface area contributed by atoms with Gasteiger partial charge in [0, 0.05) is 24.7 Å². The molecule has 3 nitrogen and oxygen atoms in total. The van der Waals surface area contributed by atoms with E-state index >= 15 is 0 Å². The van der Waals surface area contributed by atoms with Crippen molar-refractivity contribution < 1.29 is 13.5 Å². The molecule has 0 bridgehead atoms. The van der Waals surface area contributed by atoms with E-state index in [1.807, 2.05) is 6.92 Å². The maximum absolute atomic E-state index is 13.1. The summed E-state index contributed by atoms with van der Waals surface area (Å²) in [5, 5.41) is 3.49. The van der Waals surface area contributed by atoms with Gasteiger partial charge in [0.05, 0.1) is 5.02 Å². The summed E-state index contributed by atoms with van der Waals surface area (Å²) in [4.78, 5) is 4.12. The molecule has 0 saturated heterocycles. The summed E-state index contributed by atoms with van der Waals surface area (Å²) in [6.07, 6.45) is 0.881. The summed E-state index contributed by atoms with van der Waals surface area (Å²) in [6, 6.07) is 4.28. The summed E-state index contributed by atoms with van der Waals surface area (Å²) < 4.78 is 31.6. The number of nitrogens with one attached hydrogen (secondary N) is 1. The Hall–Kier alpha value is -1.59. The maximum Gasteiger partial charge on any atom is 0.240 e. The van der Waals surface area contributed by atoms with Crippen LogP contribution in [0, 0.1) is 11.6 Å². The number of hydrogen-bond acceptors (Lipinski definition) is 3. The molecule has 7 heteroatoms. The molecule has 0 unspecified atom stereocenters. The van der Waals surface area contributed by atoms with Gasteiger partial charge in [-0.25, -0.2) is 8.78 Å². The molecule has 1 aromatic carbocycles. The molecule has 2 rings (SSSR count). The Balaban J connectivity index is 2.30. The van der Waals surface area contributed by atoms with Gasteiger partial charge in [0.1, 0.15) is 28.2 Å². The van der Waals surface area contributed by atoms with E-state index < -0.39 is 11.6 Å². The van der Waals surface area contributed by atoms with Gasteiger partial charge in [-0.05, 0) is 12.5 Å². The van der Waals surface area contributed by atoms with Gasteiger partial charge in [0.2, 0.25) is 5.88 Å². The van der Waals surface area contributed by atoms with Gasteiger partial charge in [0.15, 0.2) is 0 Å². The highest BCUT2D eigenvalue weighted by Crippen LogP contribution is 2.33. The molecule has 0 radical (unpaired) electrons. The average molecular weight is 333 g/mol. The van der Waals surface area contributed by atoms with Crippen molar-refractivity contribution in [3.63, 3.8) is 0 Å². The predicted molar refractivity (Wildman–Crippen MR) is 79.5 cm³/mol. The Bertz CT molecular complexity index is 633. The second-order valence-corrected chi connectivity index (χ2v) is 5.05. The minimum absolute atomic E-state index is 0.0182. The standard InChI is InChI=1S/C14H12Cl2F2N2O/c1-2-3-19-13-11(15)7-12(16)14(20-13)21-10-5-8(17)4-9(18)6-10/h4-7H,2-3H2,1H3,(H,19,20). The number of benzene rings is 1. The van der Waals surface area contributed by atoms with Crippen LogP contribution in [-0.2, 0) is 0 Å². The Kier molecular flexibility index (Phi) is 5.20. The van der Waals surface area contributed by atoms with Crippen molar-refractivity contribution in [1.82, 2.24) is 4.98 Å². The smallest absolute Gasteiger partial charge is 0.240 e. The van der Waals surface area contributed by atoms with Crippen molar-refractivity contribution in [2.75, 3.05) is 11.9 Å². The molecule has 1 heterocycles. The van der Waals surface area contributed by atoms with E-state index in [9.17, 15) is 8.78 Å². The lowest BCUT2D eigenvalue weighted by molar-refractivity contribution is 0.452. The average Bonchev–Trinajstić information content (AvgIpc) is 2.39. The molecule has 21 heavy (non-hydrogen) atoms. The zero-order valence-electron chi connectivity index (χ0n) is 11.1. The van der Waals surface area contributed by atoms with E-state index in [1.54, 1.807) is 0 Å². The summed E-state index contributed by atoms with van der Waals surface area (Å²) in [7, 11) is 0. The van der Waals surface area contributed by atoms with Gasteiger partial charge >= 0.3 is 0 Å². The minimum Gasteiger partial charge on any atom is -0.437 e. The highest BCUT2D eigenvalue weighted by molar-refractivity contribution is 6.36. The van der Waals surface area contributed by atoms with Crippen molar-refractivity contribution in [3.8, 4) is 11.6 Å². The lowest BCUT2D eigenvalue weighted by Gasteiger charge is -2.11. The van der Waals surface area contributed by atoms with E-state index in [0.717, 1.165) is 24.6 Å². The number of rotatable bonds is 5. The maximum atomic E-state index is 13.1. The van der Waals surface area contributed by atoms with E-state index in [1.165, 1.54) is 6.07 Å². The highest BCUT2D eigenvalue weighted by Gasteiger charge is 2.12. The number of nitrogens with zero attached hydrogens (tertiary/aromatic N) is 1. The first-order valence-corrected chi connectivity index (χ1v) is 6.99. The summed E-state index contributed by atoms with van der Waals surface area (Å²) in [5.74, 6) is -1.12. The third-order valence-electron chi connectivity index (χ3n) is 2.49. The Labute approximate surface area is 130 Å². The van der Waals surface area contributed by atoms with Crippen LogP contribution in [0.25, 0.3) is 0 Å². The summed E-state index contributed by atoms with van der Waals surface area (Å²) in [5.41, 5.74) is 0. The Morgan fingerprint density at radius 1 is 1.10 bits per heavy atom. The molecular weight excluding hydrogens is 321 g/mol. The predicted octanol–water partition coefficient (Wildman–Crippen LogP) is 5.28. The van der Waals surface area contributed by atoms with Gasteiger partial charge in [-0.15, -0.1) is 0 Å². The Morgan fingerprint density at radius 2 is 1.76 bits per heavy atom. The van der Waals surface area contributed by atoms with Crippen LogP contribution in [0.2, 0.25) is 10.0 Å². The molecular formula is C14H12Cl2F2N2O. The first-order chi connectivity index (χ1) is 9.99. The molecule has 0 atom stereocenters. The molecule has 0 spiro atoms. The van der Waals surface area contributed by atoms with E-state index in [0.29, 0.717) is 17.4 Å². The van der Waals surface area contributed by atoms with Crippen LogP contribution in [0.3, 0.4) is 0 Å². The third-order valence-corrected chi connectivity index (χ3v) is 3.05. The molecule has 0 aliphatic rings. The van der Waals surface area contributed by atoms with Crippen molar-refractivity contribution in [2.24, 2.45) is 0 Å². The van der Waals surface area contributed by atoms with Crippen molar-refractivity contribution in [1.29, 1.82) is 0 Å². The molecule has 1 aromatic heterocycles. The fourth-order valence-electron chi connectivity index (χ4n) is 1.59. The lowest BCUT2D eigenvalue weighted by atomic mass is 10.3. The zero-order chi connectivity index (χ0) is 15.4.